The predicted molar refractivity (Wildman–Crippen MR) is 110 cm³/mol. The van der Waals surface area contributed by atoms with Crippen LogP contribution < -0.4 is 15.4 Å². The zero-order valence-electron chi connectivity index (χ0n) is 15.9. The lowest BCUT2D eigenvalue weighted by molar-refractivity contribution is 0.0943. The van der Waals surface area contributed by atoms with Crippen LogP contribution in [-0.2, 0) is 19.3 Å². The van der Waals surface area contributed by atoms with Gasteiger partial charge < -0.3 is 20.4 Å². The zero-order valence-corrected chi connectivity index (χ0v) is 15.9. The molecule has 0 bridgehead atoms. The maximum Gasteiger partial charge on any atom is 0.251 e. The van der Waals surface area contributed by atoms with Crippen LogP contribution in [-0.4, -0.2) is 36.6 Å². The number of aryl methyl sites for hydroxylation is 1. The molecule has 3 N–H and O–H groups in total. The summed E-state index contributed by atoms with van der Waals surface area (Å²) >= 11 is 0. The summed E-state index contributed by atoms with van der Waals surface area (Å²) in [5.41, 5.74) is 5.62. The van der Waals surface area contributed by atoms with Crippen molar-refractivity contribution in [1.82, 2.24) is 15.6 Å². The molecule has 5 rings (SSSR count). The van der Waals surface area contributed by atoms with Crippen LogP contribution in [0.3, 0.4) is 0 Å². The molecular formula is C23H25N3O2. The predicted octanol–water partition coefficient (Wildman–Crippen LogP) is 2.98. The minimum absolute atomic E-state index is 0.0432. The third-order valence-electron chi connectivity index (χ3n) is 5.88. The number of rotatable bonds is 5. The lowest BCUT2D eigenvalue weighted by Crippen LogP contribution is -2.42. The van der Waals surface area contributed by atoms with Crippen molar-refractivity contribution in [2.24, 2.45) is 0 Å². The van der Waals surface area contributed by atoms with Gasteiger partial charge >= 0.3 is 0 Å². The van der Waals surface area contributed by atoms with Gasteiger partial charge in [0.05, 0.1) is 0 Å². The van der Waals surface area contributed by atoms with Gasteiger partial charge in [-0.3, -0.25) is 4.79 Å². The second-order valence-corrected chi connectivity index (χ2v) is 7.71. The van der Waals surface area contributed by atoms with Gasteiger partial charge in [-0.25, -0.2) is 0 Å². The summed E-state index contributed by atoms with van der Waals surface area (Å²) in [5, 5.41) is 7.91. The quantitative estimate of drug-likeness (QED) is 0.601. The zero-order chi connectivity index (χ0) is 18.9. The van der Waals surface area contributed by atoms with Crippen molar-refractivity contribution in [1.29, 1.82) is 0 Å². The summed E-state index contributed by atoms with van der Waals surface area (Å²) in [6.45, 7) is 2.31. The van der Waals surface area contributed by atoms with Gasteiger partial charge in [0.2, 0.25) is 0 Å². The first-order valence-corrected chi connectivity index (χ1v) is 10.1. The van der Waals surface area contributed by atoms with Crippen LogP contribution in [0.15, 0.2) is 42.6 Å². The molecule has 5 heteroatoms. The van der Waals surface area contributed by atoms with E-state index in [-0.39, 0.29) is 11.9 Å². The van der Waals surface area contributed by atoms with E-state index < -0.39 is 0 Å². The van der Waals surface area contributed by atoms with Gasteiger partial charge in [0.15, 0.2) is 0 Å². The molecule has 2 aliphatic heterocycles. The number of hydrogen-bond acceptors (Lipinski definition) is 3. The van der Waals surface area contributed by atoms with E-state index in [1.807, 2.05) is 12.1 Å². The Morgan fingerprint density at radius 1 is 1.18 bits per heavy atom. The molecule has 3 heterocycles. The molecule has 0 aliphatic carbocycles. The highest BCUT2D eigenvalue weighted by atomic mass is 16.5. The molecule has 1 atom stereocenters. The van der Waals surface area contributed by atoms with E-state index in [9.17, 15) is 4.79 Å². The minimum atomic E-state index is 0.0432. The number of carbonyl (C=O) groups is 1. The third-order valence-corrected chi connectivity index (χ3v) is 5.88. The summed E-state index contributed by atoms with van der Waals surface area (Å²) in [4.78, 5) is 15.7. The van der Waals surface area contributed by atoms with Crippen LogP contribution in [0.25, 0.3) is 10.9 Å². The number of aromatic nitrogens is 1. The van der Waals surface area contributed by atoms with Gasteiger partial charge in [-0.1, -0.05) is 24.3 Å². The van der Waals surface area contributed by atoms with E-state index in [0.29, 0.717) is 6.61 Å². The Bertz CT molecular complexity index is 1020. The molecule has 0 saturated carbocycles. The number of ether oxygens (including phenoxy) is 1. The number of hydrogen-bond donors (Lipinski definition) is 3. The molecular weight excluding hydrogens is 350 g/mol. The molecule has 1 amide bonds. The molecule has 1 aromatic heterocycles. The number of benzene rings is 2. The van der Waals surface area contributed by atoms with Crippen LogP contribution in [0.1, 0.15) is 33.5 Å². The molecule has 144 valence electrons. The van der Waals surface area contributed by atoms with E-state index in [1.54, 1.807) is 0 Å². The van der Waals surface area contributed by atoms with Gasteiger partial charge in [0, 0.05) is 40.8 Å². The molecule has 5 nitrogen and oxygen atoms in total. The molecule has 0 fully saturated rings. The number of amides is 1. The summed E-state index contributed by atoms with van der Waals surface area (Å²) in [6, 6.07) is 12.8. The fourth-order valence-corrected chi connectivity index (χ4v) is 4.46. The lowest BCUT2D eigenvalue weighted by atomic mass is 9.90. The lowest BCUT2D eigenvalue weighted by Gasteiger charge is -2.30. The number of nitrogens with one attached hydrogen (secondary N) is 3. The van der Waals surface area contributed by atoms with E-state index in [1.165, 1.54) is 16.5 Å². The summed E-state index contributed by atoms with van der Waals surface area (Å²) in [7, 11) is 0. The Morgan fingerprint density at radius 2 is 2.11 bits per heavy atom. The third kappa shape index (κ3) is 3.16. The second kappa shape index (κ2) is 7.32. The van der Waals surface area contributed by atoms with Gasteiger partial charge in [-0.05, 0) is 55.5 Å². The van der Waals surface area contributed by atoms with Crippen LogP contribution >= 0.6 is 0 Å². The molecule has 2 aliphatic rings. The molecule has 28 heavy (non-hydrogen) atoms. The number of carbonyl (C=O) groups excluding carboxylic acids is 1. The highest BCUT2D eigenvalue weighted by Crippen LogP contribution is 2.32. The highest BCUT2D eigenvalue weighted by molar-refractivity contribution is 5.99. The SMILES string of the molecule is O=C1NCCc2ccc3c(c21)CC(NCCCc1c[nH]c2ccccc12)CO3. The molecule has 3 aromatic rings. The normalized spacial score (nSPS) is 18.3. The minimum Gasteiger partial charge on any atom is -0.492 e. The highest BCUT2D eigenvalue weighted by Gasteiger charge is 2.28. The molecule has 2 aromatic carbocycles. The summed E-state index contributed by atoms with van der Waals surface area (Å²) < 4.78 is 5.96. The van der Waals surface area contributed by atoms with E-state index >= 15 is 0 Å². The standard InChI is InChI=1S/C23H25N3O2/c27-23-22-15(9-11-25-23)7-8-21-19(22)12-17(14-28-21)24-10-3-4-16-13-26-20-6-2-1-5-18(16)20/h1-2,5-8,13,17,24,26H,3-4,9-12,14H2,(H,25,27). The molecule has 0 spiro atoms. The Balaban J connectivity index is 1.21. The van der Waals surface area contributed by atoms with Gasteiger partial charge in [-0.2, -0.15) is 0 Å². The van der Waals surface area contributed by atoms with Crippen molar-refractivity contribution in [2.45, 2.75) is 31.7 Å². The van der Waals surface area contributed by atoms with Crippen molar-refractivity contribution in [3.8, 4) is 5.75 Å². The maximum absolute atomic E-state index is 12.4. The largest absolute Gasteiger partial charge is 0.492 e. The fraction of sp³-hybridized carbons (Fsp3) is 0.348. The Labute approximate surface area is 164 Å². The Kier molecular flexibility index (Phi) is 4.53. The van der Waals surface area contributed by atoms with Crippen LogP contribution in [0, 0.1) is 0 Å². The maximum atomic E-state index is 12.4. The average molecular weight is 375 g/mol. The van der Waals surface area contributed by atoms with Crippen LogP contribution in [0.4, 0.5) is 0 Å². The van der Waals surface area contributed by atoms with Gasteiger partial charge in [0.1, 0.15) is 12.4 Å². The van der Waals surface area contributed by atoms with Crippen LogP contribution in [0.5, 0.6) is 5.75 Å². The average Bonchev–Trinajstić information content (AvgIpc) is 3.14. The second-order valence-electron chi connectivity index (χ2n) is 7.71. The van der Waals surface area contributed by atoms with E-state index in [0.717, 1.165) is 61.2 Å². The van der Waals surface area contributed by atoms with Crippen molar-refractivity contribution in [3.63, 3.8) is 0 Å². The number of aromatic amines is 1. The summed E-state index contributed by atoms with van der Waals surface area (Å²) in [5.74, 6) is 0.911. The number of fused-ring (bicyclic) bond motifs is 4. The van der Waals surface area contributed by atoms with E-state index in [2.05, 4.69) is 46.1 Å². The topological polar surface area (TPSA) is 66.2 Å². The van der Waals surface area contributed by atoms with Crippen molar-refractivity contribution >= 4 is 16.8 Å². The Morgan fingerprint density at radius 3 is 3.07 bits per heavy atom. The molecule has 1 unspecified atom stereocenters. The monoisotopic (exact) mass is 375 g/mol. The molecule has 0 radical (unpaired) electrons. The first-order chi connectivity index (χ1) is 13.8. The summed E-state index contributed by atoms with van der Waals surface area (Å²) in [6.07, 6.45) is 5.98. The Hall–Kier alpha value is -2.79. The van der Waals surface area contributed by atoms with Crippen LogP contribution in [0.2, 0.25) is 0 Å². The first-order valence-electron chi connectivity index (χ1n) is 10.1. The van der Waals surface area contributed by atoms with E-state index in [4.69, 9.17) is 4.74 Å². The smallest absolute Gasteiger partial charge is 0.251 e. The van der Waals surface area contributed by atoms with Crippen molar-refractivity contribution in [2.75, 3.05) is 19.7 Å². The number of para-hydroxylation sites is 1. The molecule has 0 saturated heterocycles. The first kappa shape index (κ1) is 17.3. The van der Waals surface area contributed by atoms with Gasteiger partial charge in [-0.15, -0.1) is 0 Å². The van der Waals surface area contributed by atoms with Gasteiger partial charge in [0.25, 0.3) is 5.91 Å². The number of H-pyrrole nitrogens is 1. The van der Waals surface area contributed by atoms with Crippen molar-refractivity contribution < 1.29 is 9.53 Å². The fourth-order valence-electron chi connectivity index (χ4n) is 4.46. The van der Waals surface area contributed by atoms with Crippen molar-refractivity contribution in [3.05, 3.63) is 64.8 Å².